The first kappa shape index (κ1) is 16.6. The second kappa shape index (κ2) is 5.98. The zero-order chi connectivity index (χ0) is 18.2. The van der Waals surface area contributed by atoms with Crippen LogP contribution in [0.3, 0.4) is 0 Å². The highest BCUT2D eigenvalue weighted by molar-refractivity contribution is 5.93. The summed E-state index contributed by atoms with van der Waals surface area (Å²) in [5.41, 5.74) is 2.22. The number of aromatic nitrogens is 3. The molecule has 0 aliphatic heterocycles. The molecule has 0 aliphatic rings. The molecule has 3 aromatic rings. The van der Waals surface area contributed by atoms with E-state index in [1.807, 2.05) is 50.7 Å². The quantitative estimate of drug-likeness (QED) is 0.774. The number of hydrogen-bond donors (Lipinski definition) is 1. The first-order valence-electron chi connectivity index (χ1n) is 7.81. The molecule has 0 bridgehead atoms. The predicted octanol–water partition coefficient (Wildman–Crippen LogP) is 3.58. The molecule has 0 radical (unpaired) electrons. The number of benzene rings is 1. The van der Waals surface area contributed by atoms with Crippen LogP contribution in [0.1, 0.15) is 26.3 Å². The van der Waals surface area contributed by atoms with Crippen molar-refractivity contribution in [3.05, 3.63) is 42.4 Å². The molecule has 1 N–H and O–H groups in total. The van der Waals surface area contributed by atoms with E-state index in [0.29, 0.717) is 11.3 Å². The van der Waals surface area contributed by atoms with Gasteiger partial charge in [-0.2, -0.15) is 10.4 Å². The third-order valence-electron chi connectivity index (χ3n) is 3.54. The van der Waals surface area contributed by atoms with Crippen LogP contribution in [0.4, 0.5) is 10.5 Å². The van der Waals surface area contributed by atoms with Gasteiger partial charge in [0, 0.05) is 30.5 Å². The number of nitriles is 1. The summed E-state index contributed by atoms with van der Waals surface area (Å²) >= 11 is 0. The molecule has 1 amide bonds. The maximum absolute atomic E-state index is 12.0. The van der Waals surface area contributed by atoms with Crippen LogP contribution in [0.25, 0.3) is 16.6 Å². The zero-order valence-electron chi connectivity index (χ0n) is 14.6. The average molecular weight is 337 g/mol. The van der Waals surface area contributed by atoms with E-state index in [1.54, 1.807) is 23.1 Å². The normalized spacial score (nSPS) is 11.3. The van der Waals surface area contributed by atoms with Crippen molar-refractivity contribution in [1.29, 1.82) is 5.26 Å². The summed E-state index contributed by atoms with van der Waals surface area (Å²) in [5, 5.41) is 17.1. The number of amides is 1. The van der Waals surface area contributed by atoms with Gasteiger partial charge < -0.3 is 9.30 Å². The number of fused-ring (bicyclic) bond motifs is 1. The van der Waals surface area contributed by atoms with E-state index in [1.165, 1.54) is 0 Å². The third kappa shape index (κ3) is 3.48. The summed E-state index contributed by atoms with van der Waals surface area (Å²) in [4.78, 5) is 12.0. The van der Waals surface area contributed by atoms with E-state index in [2.05, 4.69) is 16.5 Å². The van der Waals surface area contributed by atoms with Gasteiger partial charge in [-0.1, -0.05) is 0 Å². The number of nitrogens with one attached hydrogen (secondary N) is 1. The molecule has 2 heterocycles. The van der Waals surface area contributed by atoms with Crippen molar-refractivity contribution in [2.75, 3.05) is 5.32 Å². The Morgan fingerprint density at radius 3 is 2.68 bits per heavy atom. The average Bonchev–Trinajstić information content (AvgIpc) is 3.08. The van der Waals surface area contributed by atoms with Crippen LogP contribution >= 0.6 is 0 Å². The second-order valence-electron chi connectivity index (χ2n) is 6.76. The zero-order valence-corrected chi connectivity index (χ0v) is 14.6. The van der Waals surface area contributed by atoms with Crippen LogP contribution in [-0.4, -0.2) is 26.0 Å². The van der Waals surface area contributed by atoms with E-state index >= 15 is 0 Å². The third-order valence-corrected chi connectivity index (χ3v) is 3.54. The summed E-state index contributed by atoms with van der Waals surface area (Å²) in [6.07, 6.45) is 4.81. The van der Waals surface area contributed by atoms with E-state index in [9.17, 15) is 10.1 Å². The lowest BCUT2D eigenvalue weighted by atomic mass is 10.2. The number of carbonyl (C=O) groups excluding carboxylic acids is 1. The molecule has 2 aromatic heterocycles. The molecule has 25 heavy (non-hydrogen) atoms. The molecule has 3 rings (SSSR count). The van der Waals surface area contributed by atoms with Crippen LogP contribution in [-0.2, 0) is 11.8 Å². The monoisotopic (exact) mass is 337 g/mol. The van der Waals surface area contributed by atoms with Crippen molar-refractivity contribution in [3.8, 4) is 11.8 Å². The van der Waals surface area contributed by atoms with E-state index < -0.39 is 11.7 Å². The first-order valence-corrected chi connectivity index (χ1v) is 7.81. The molecule has 0 unspecified atom stereocenters. The molecule has 7 nitrogen and oxygen atoms in total. The van der Waals surface area contributed by atoms with Crippen molar-refractivity contribution < 1.29 is 9.53 Å². The highest BCUT2D eigenvalue weighted by atomic mass is 16.6. The Kier molecular flexibility index (Phi) is 3.97. The number of aryl methyl sites for hydroxylation is 1. The molecule has 0 saturated heterocycles. The maximum atomic E-state index is 12.0. The Morgan fingerprint density at radius 1 is 1.32 bits per heavy atom. The topological polar surface area (TPSA) is 84.9 Å². The fourth-order valence-corrected chi connectivity index (χ4v) is 2.56. The van der Waals surface area contributed by atoms with Crippen molar-refractivity contribution in [3.63, 3.8) is 0 Å². The number of anilines is 1. The standard InChI is InChI=1S/C18H19N5O2/c1-18(2,3)25-17(24)21-13-5-6-15-12(8-19)10-23(16(15)7-13)14-9-20-22(4)11-14/h5-7,9-11H,1-4H3,(H,21,24). The summed E-state index contributed by atoms with van der Waals surface area (Å²) in [5.74, 6) is 0. The number of carbonyl (C=O) groups is 1. The Hall–Kier alpha value is -3.27. The highest BCUT2D eigenvalue weighted by Gasteiger charge is 2.17. The lowest BCUT2D eigenvalue weighted by Gasteiger charge is -2.19. The Morgan fingerprint density at radius 2 is 2.08 bits per heavy atom. The first-order chi connectivity index (χ1) is 11.8. The van der Waals surface area contributed by atoms with Gasteiger partial charge in [-0.25, -0.2) is 4.79 Å². The largest absolute Gasteiger partial charge is 0.444 e. The number of ether oxygens (including phenoxy) is 1. The van der Waals surface area contributed by atoms with Crippen LogP contribution < -0.4 is 5.32 Å². The number of rotatable bonds is 2. The van der Waals surface area contributed by atoms with Gasteiger partial charge >= 0.3 is 6.09 Å². The molecule has 128 valence electrons. The van der Waals surface area contributed by atoms with Gasteiger partial charge in [-0.05, 0) is 39.0 Å². The molecular formula is C18H19N5O2. The molecule has 0 fully saturated rings. The Balaban J connectivity index is 2.01. The van der Waals surface area contributed by atoms with Gasteiger partial charge in [0.15, 0.2) is 0 Å². The number of hydrogen-bond acceptors (Lipinski definition) is 4. The smallest absolute Gasteiger partial charge is 0.412 e. The van der Waals surface area contributed by atoms with E-state index in [0.717, 1.165) is 16.6 Å². The van der Waals surface area contributed by atoms with Crippen LogP contribution in [0, 0.1) is 11.3 Å². The molecule has 0 atom stereocenters. The van der Waals surface area contributed by atoms with Crippen molar-refractivity contribution >= 4 is 22.7 Å². The molecular weight excluding hydrogens is 318 g/mol. The fourth-order valence-electron chi connectivity index (χ4n) is 2.56. The SMILES string of the molecule is Cn1cc(-n2cc(C#N)c3ccc(NC(=O)OC(C)(C)C)cc32)cn1. The van der Waals surface area contributed by atoms with Gasteiger partial charge in [0.1, 0.15) is 11.7 Å². The van der Waals surface area contributed by atoms with Gasteiger partial charge in [-0.3, -0.25) is 10.00 Å². The lowest BCUT2D eigenvalue weighted by molar-refractivity contribution is 0.0636. The summed E-state index contributed by atoms with van der Waals surface area (Å²) in [6, 6.07) is 7.57. The van der Waals surface area contributed by atoms with Gasteiger partial charge in [-0.15, -0.1) is 0 Å². The molecule has 0 spiro atoms. The maximum Gasteiger partial charge on any atom is 0.412 e. The summed E-state index contributed by atoms with van der Waals surface area (Å²) < 4.78 is 8.84. The van der Waals surface area contributed by atoms with Crippen molar-refractivity contribution in [1.82, 2.24) is 14.3 Å². The summed E-state index contributed by atoms with van der Waals surface area (Å²) in [7, 11) is 1.83. The molecule has 0 aliphatic carbocycles. The number of nitrogens with zero attached hydrogens (tertiary/aromatic N) is 4. The molecule has 0 saturated carbocycles. The Bertz CT molecular complexity index is 985. The lowest BCUT2D eigenvalue weighted by Crippen LogP contribution is -2.27. The molecule has 1 aromatic carbocycles. The van der Waals surface area contributed by atoms with Crippen LogP contribution in [0.5, 0.6) is 0 Å². The second-order valence-corrected chi connectivity index (χ2v) is 6.76. The predicted molar refractivity (Wildman–Crippen MR) is 94.6 cm³/mol. The Labute approximate surface area is 145 Å². The van der Waals surface area contributed by atoms with Crippen LogP contribution in [0.15, 0.2) is 36.8 Å². The minimum Gasteiger partial charge on any atom is -0.444 e. The summed E-state index contributed by atoms with van der Waals surface area (Å²) in [6.45, 7) is 5.42. The highest BCUT2D eigenvalue weighted by Crippen LogP contribution is 2.27. The van der Waals surface area contributed by atoms with Gasteiger partial charge in [0.2, 0.25) is 0 Å². The fraction of sp³-hybridized carbons (Fsp3) is 0.278. The minimum atomic E-state index is -0.571. The van der Waals surface area contributed by atoms with Gasteiger partial charge in [0.05, 0.1) is 23.0 Å². The minimum absolute atomic E-state index is 0.521. The van der Waals surface area contributed by atoms with Gasteiger partial charge in [0.25, 0.3) is 0 Å². The van der Waals surface area contributed by atoms with Crippen molar-refractivity contribution in [2.45, 2.75) is 26.4 Å². The molecule has 7 heteroatoms. The van der Waals surface area contributed by atoms with Crippen LogP contribution in [0.2, 0.25) is 0 Å². The van der Waals surface area contributed by atoms with Crippen molar-refractivity contribution in [2.24, 2.45) is 7.05 Å². The van der Waals surface area contributed by atoms with E-state index in [4.69, 9.17) is 4.74 Å². The van der Waals surface area contributed by atoms with E-state index in [-0.39, 0.29) is 0 Å².